The number of hydrogen-bond acceptors (Lipinski definition) is 8. The number of nitriles is 1. The minimum Gasteiger partial charge on any atom is -0.480 e. The van der Waals surface area contributed by atoms with Crippen molar-refractivity contribution < 1.29 is 28.2 Å². The number of benzene rings is 1. The number of nitrogens with one attached hydrogen (secondary N) is 1. The van der Waals surface area contributed by atoms with Gasteiger partial charge in [-0.3, -0.25) is 4.79 Å². The molecule has 0 unspecified atom stereocenters. The van der Waals surface area contributed by atoms with Gasteiger partial charge in [-0.15, -0.1) is 8.78 Å². The third-order valence-electron chi connectivity index (χ3n) is 5.41. The first-order chi connectivity index (χ1) is 17.2. The van der Waals surface area contributed by atoms with E-state index in [1.807, 2.05) is 11.0 Å². The van der Waals surface area contributed by atoms with Crippen molar-refractivity contribution in [2.24, 2.45) is 0 Å². The van der Waals surface area contributed by atoms with Crippen LogP contribution in [0.3, 0.4) is 0 Å². The predicted octanol–water partition coefficient (Wildman–Crippen LogP) is 4.02. The van der Waals surface area contributed by atoms with Gasteiger partial charge in [-0.05, 0) is 42.8 Å². The van der Waals surface area contributed by atoms with Gasteiger partial charge in [0.1, 0.15) is 23.2 Å². The summed E-state index contributed by atoms with van der Waals surface area (Å²) in [6.45, 7) is 0.938. The summed E-state index contributed by atoms with van der Waals surface area (Å²) in [5.41, 5.74) is -2.03. The molecule has 1 saturated heterocycles. The fraction of sp³-hybridized carbons (Fsp3) is 0.250. The Kier molecular flexibility index (Phi) is 7.19. The number of carbonyl (C=O) groups is 1. The van der Waals surface area contributed by atoms with Gasteiger partial charge in [-0.1, -0.05) is 0 Å². The van der Waals surface area contributed by atoms with E-state index >= 15 is 0 Å². The highest BCUT2D eigenvalue weighted by Gasteiger charge is 2.28. The summed E-state index contributed by atoms with van der Waals surface area (Å²) in [5, 5.41) is 22.1. The van der Waals surface area contributed by atoms with Crippen LogP contribution in [0.15, 0.2) is 48.8 Å². The zero-order valence-electron chi connectivity index (χ0n) is 18.9. The average molecular weight is 516 g/mol. The van der Waals surface area contributed by atoms with Crippen LogP contribution in [0, 0.1) is 11.3 Å². The molecule has 3 heterocycles. The Bertz CT molecular complexity index is 1310. The number of hydrogen-bond donors (Lipinski definition) is 2. The van der Waals surface area contributed by atoms with E-state index in [1.54, 1.807) is 12.1 Å². The summed E-state index contributed by atoms with van der Waals surface area (Å²) < 4.78 is 35.0. The standard InChI is InChI=1S/C24H20ClF2N5O4/c1-35-23-14(10-28)8-15(11-30-23)20-9-16(12-29-21(20)32-7-6-18(33)13-32)22(34)31-17-2-4-19(5-3-17)36-24(25,26)27/h2-5,8-9,11-12,18,33H,6-7,13H2,1H3,(H,31,34)/t18-/m1/s1. The minimum absolute atomic E-state index is 0.167. The first kappa shape index (κ1) is 25.1. The molecule has 12 heteroatoms. The van der Waals surface area contributed by atoms with Crippen molar-refractivity contribution in [1.82, 2.24) is 9.97 Å². The van der Waals surface area contributed by atoms with Crippen molar-refractivity contribution in [1.29, 1.82) is 5.26 Å². The van der Waals surface area contributed by atoms with Crippen LogP contribution < -0.4 is 19.7 Å². The van der Waals surface area contributed by atoms with E-state index < -0.39 is 17.6 Å². The summed E-state index contributed by atoms with van der Waals surface area (Å²) in [6.07, 6.45) is 2.98. The van der Waals surface area contributed by atoms with E-state index in [9.17, 15) is 23.9 Å². The average Bonchev–Trinajstić information content (AvgIpc) is 3.29. The maximum Gasteiger partial charge on any atom is 0.487 e. The number of halogens is 3. The van der Waals surface area contributed by atoms with Crippen molar-refractivity contribution in [3.63, 3.8) is 0 Å². The third-order valence-corrected chi connectivity index (χ3v) is 5.49. The molecule has 1 aliphatic heterocycles. The number of amides is 1. The summed E-state index contributed by atoms with van der Waals surface area (Å²) in [5.74, 6) is 0.0209. The molecule has 1 fully saturated rings. The zero-order chi connectivity index (χ0) is 25.9. The lowest BCUT2D eigenvalue weighted by Gasteiger charge is -2.21. The number of pyridine rings is 2. The number of aromatic nitrogens is 2. The number of rotatable bonds is 7. The minimum atomic E-state index is -3.85. The second kappa shape index (κ2) is 10.3. The third kappa shape index (κ3) is 5.79. The Balaban J connectivity index is 1.65. The first-order valence-corrected chi connectivity index (χ1v) is 11.1. The number of aliphatic hydroxyl groups excluding tert-OH is 1. The second-order valence-corrected chi connectivity index (χ2v) is 8.34. The number of anilines is 2. The van der Waals surface area contributed by atoms with Gasteiger partial charge in [-0.25, -0.2) is 9.97 Å². The lowest BCUT2D eigenvalue weighted by atomic mass is 10.0. The Morgan fingerprint density at radius 2 is 2.03 bits per heavy atom. The van der Waals surface area contributed by atoms with Crippen molar-refractivity contribution in [2.45, 2.75) is 18.1 Å². The van der Waals surface area contributed by atoms with Gasteiger partial charge in [0.15, 0.2) is 0 Å². The van der Waals surface area contributed by atoms with Gasteiger partial charge >= 0.3 is 5.57 Å². The second-order valence-electron chi connectivity index (χ2n) is 7.90. The molecule has 2 N–H and O–H groups in total. The van der Waals surface area contributed by atoms with Gasteiger partial charge in [0.25, 0.3) is 5.91 Å². The highest BCUT2D eigenvalue weighted by Crippen LogP contribution is 2.34. The molecule has 0 radical (unpaired) electrons. The SMILES string of the molecule is COc1ncc(-c2cc(C(=O)Nc3ccc(OC(F)(F)Cl)cc3)cnc2N2CC[C@@H](O)C2)cc1C#N. The van der Waals surface area contributed by atoms with Crippen LogP contribution in [0.4, 0.5) is 20.3 Å². The molecule has 3 aromatic rings. The molecule has 0 bridgehead atoms. The molecule has 186 valence electrons. The molecule has 1 atom stereocenters. The van der Waals surface area contributed by atoms with Gasteiger partial charge < -0.3 is 24.8 Å². The van der Waals surface area contributed by atoms with Crippen molar-refractivity contribution >= 4 is 29.0 Å². The molecular weight excluding hydrogens is 496 g/mol. The fourth-order valence-electron chi connectivity index (χ4n) is 3.77. The van der Waals surface area contributed by atoms with Crippen LogP contribution in [0.2, 0.25) is 0 Å². The molecule has 0 saturated carbocycles. The van der Waals surface area contributed by atoms with E-state index in [2.05, 4.69) is 20.0 Å². The molecule has 0 spiro atoms. The summed E-state index contributed by atoms with van der Waals surface area (Å²) in [6, 6.07) is 10.5. The van der Waals surface area contributed by atoms with Crippen LogP contribution in [-0.4, -0.2) is 52.9 Å². The van der Waals surface area contributed by atoms with E-state index in [-0.39, 0.29) is 22.8 Å². The number of ether oxygens (including phenoxy) is 2. The number of β-amino-alcohol motifs (C(OH)–C–C–N with tert-alkyl or cyclic N) is 1. The van der Waals surface area contributed by atoms with E-state index in [1.165, 1.54) is 43.8 Å². The Morgan fingerprint density at radius 1 is 1.28 bits per heavy atom. The van der Waals surface area contributed by atoms with Crippen LogP contribution in [-0.2, 0) is 0 Å². The largest absolute Gasteiger partial charge is 0.487 e. The lowest BCUT2D eigenvalue weighted by Crippen LogP contribution is -2.23. The van der Waals surface area contributed by atoms with E-state index in [0.717, 1.165) is 0 Å². The number of methoxy groups -OCH3 is 1. The fourth-order valence-corrected chi connectivity index (χ4v) is 3.85. The summed E-state index contributed by atoms with van der Waals surface area (Å²) >= 11 is 4.76. The highest BCUT2D eigenvalue weighted by atomic mass is 35.5. The predicted molar refractivity (Wildman–Crippen MR) is 127 cm³/mol. The lowest BCUT2D eigenvalue weighted by molar-refractivity contribution is -0.0964. The number of carbonyl (C=O) groups excluding carboxylic acids is 1. The maximum absolute atomic E-state index is 13.0. The van der Waals surface area contributed by atoms with Crippen LogP contribution in [0.1, 0.15) is 22.3 Å². The van der Waals surface area contributed by atoms with Gasteiger partial charge in [0, 0.05) is 53.9 Å². The van der Waals surface area contributed by atoms with Gasteiger partial charge in [-0.2, -0.15) is 5.26 Å². The molecule has 36 heavy (non-hydrogen) atoms. The van der Waals surface area contributed by atoms with E-state index in [0.29, 0.717) is 42.1 Å². The molecule has 1 amide bonds. The van der Waals surface area contributed by atoms with Gasteiger partial charge in [0.05, 0.1) is 18.8 Å². The number of alkyl halides is 3. The Morgan fingerprint density at radius 3 is 2.64 bits per heavy atom. The number of nitrogens with zero attached hydrogens (tertiary/aromatic N) is 4. The van der Waals surface area contributed by atoms with Gasteiger partial charge in [0.2, 0.25) is 5.88 Å². The quantitative estimate of drug-likeness (QED) is 0.453. The van der Waals surface area contributed by atoms with Crippen molar-refractivity contribution in [3.8, 4) is 28.8 Å². The maximum atomic E-state index is 13.0. The Hall–Kier alpha value is -4.01. The Labute approximate surface area is 209 Å². The van der Waals surface area contributed by atoms with Crippen molar-refractivity contribution in [3.05, 3.63) is 59.9 Å². The van der Waals surface area contributed by atoms with Crippen molar-refractivity contribution in [2.75, 3.05) is 30.4 Å². The molecular formula is C24H20ClF2N5O4. The molecule has 2 aromatic heterocycles. The zero-order valence-corrected chi connectivity index (χ0v) is 19.7. The smallest absolute Gasteiger partial charge is 0.480 e. The molecule has 9 nitrogen and oxygen atoms in total. The normalized spacial score (nSPS) is 15.3. The van der Waals surface area contributed by atoms with E-state index in [4.69, 9.17) is 16.3 Å². The van der Waals surface area contributed by atoms with Crippen LogP contribution in [0.5, 0.6) is 11.6 Å². The highest BCUT2D eigenvalue weighted by molar-refractivity contribution is 6.20. The monoisotopic (exact) mass is 515 g/mol. The van der Waals surface area contributed by atoms with Crippen LogP contribution in [0.25, 0.3) is 11.1 Å². The number of aliphatic hydroxyl groups is 1. The molecule has 0 aliphatic carbocycles. The first-order valence-electron chi connectivity index (χ1n) is 10.7. The molecule has 1 aliphatic rings. The van der Waals surface area contributed by atoms with Crippen LogP contribution >= 0.6 is 11.6 Å². The summed E-state index contributed by atoms with van der Waals surface area (Å²) in [7, 11) is 1.41. The molecule has 1 aromatic carbocycles. The summed E-state index contributed by atoms with van der Waals surface area (Å²) in [4.78, 5) is 23.5. The molecule has 4 rings (SSSR count). The topological polar surface area (TPSA) is 121 Å².